The highest BCUT2D eigenvalue weighted by Crippen LogP contribution is 2.32. The third kappa shape index (κ3) is 6.18. The first kappa shape index (κ1) is 26.2. The molecule has 0 radical (unpaired) electrons. The molecule has 0 bridgehead atoms. The Hall–Kier alpha value is -3.40. The van der Waals surface area contributed by atoms with Crippen LogP contribution in [0.2, 0.25) is 0 Å². The van der Waals surface area contributed by atoms with Crippen LogP contribution in [0.25, 0.3) is 0 Å². The fraction of sp³-hybridized carbons (Fsp3) is 0.345. The van der Waals surface area contributed by atoms with Crippen molar-refractivity contribution in [3.8, 4) is 11.5 Å². The fourth-order valence-electron chi connectivity index (χ4n) is 4.75. The number of rotatable bonds is 9. The molecule has 0 atom stereocenters. The average Bonchev–Trinajstić information content (AvgIpc) is 3.40. The van der Waals surface area contributed by atoms with E-state index in [-0.39, 0.29) is 30.7 Å². The molecular weight excluding hydrogens is 502 g/mol. The van der Waals surface area contributed by atoms with Crippen LogP contribution in [0.1, 0.15) is 16.7 Å². The Balaban J connectivity index is 1.22. The summed E-state index contributed by atoms with van der Waals surface area (Å²) in [7, 11) is -3.82. The molecule has 2 aliphatic rings. The van der Waals surface area contributed by atoms with Gasteiger partial charge in [0.15, 0.2) is 11.5 Å². The van der Waals surface area contributed by atoms with Crippen molar-refractivity contribution in [2.45, 2.75) is 24.8 Å². The summed E-state index contributed by atoms with van der Waals surface area (Å²) in [5.74, 6) is 1.36. The molecule has 38 heavy (non-hydrogen) atoms. The number of benzene rings is 3. The molecule has 0 spiro atoms. The molecule has 2 aliphatic heterocycles. The Labute approximate surface area is 224 Å². The Bertz CT molecular complexity index is 1350. The summed E-state index contributed by atoms with van der Waals surface area (Å²) in [5, 5.41) is 0. The van der Waals surface area contributed by atoms with Gasteiger partial charge < -0.3 is 14.4 Å². The topological polar surface area (TPSA) is 79.4 Å². The lowest BCUT2D eigenvalue weighted by atomic mass is 10.1. The molecule has 1 amide bonds. The van der Waals surface area contributed by atoms with Crippen LogP contribution in [0.4, 0.5) is 0 Å². The van der Waals surface area contributed by atoms with Crippen LogP contribution in [-0.4, -0.2) is 74.5 Å². The first-order chi connectivity index (χ1) is 18.4. The molecule has 3 aromatic carbocycles. The van der Waals surface area contributed by atoms with E-state index in [1.54, 1.807) is 29.2 Å². The molecule has 3 aromatic rings. The van der Waals surface area contributed by atoms with Crippen LogP contribution < -0.4 is 9.47 Å². The standard InChI is InChI=1S/C29H33N3O5S/c1-23-7-10-26(11-8-23)38(34,35)32(14-13-24-5-3-2-4-6-24)21-29(33)31-17-15-30(16-18-31)20-25-9-12-27-28(19-25)37-22-36-27/h2-12,19H,13-18,20-22H2,1H3. The first-order valence-corrected chi connectivity index (χ1v) is 14.3. The second-order valence-corrected chi connectivity index (χ2v) is 11.7. The Kier molecular flexibility index (Phi) is 7.97. The van der Waals surface area contributed by atoms with E-state index in [0.717, 1.165) is 47.8 Å². The van der Waals surface area contributed by atoms with Crippen LogP contribution in [0.5, 0.6) is 11.5 Å². The molecule has 0 aromatic heterocycles. The van der Waals surface area contributed by atoms with Gasteiger partial charge in [-0.2, -0.15) is 4.31 Å². The van der Waals surface area contributed by atoms with E-state index in [4.69, 9.17) is 9.47 Å². The van der Waals surface area contributed by atoms with E-state index in [0.29, 0.717) is 19.5 Å². The van der Waals surface area contributed by atoms with Gasteiger partial charge >= 0.3 is 0 Å². The molecule has 1 saturated heterocycles. The van der Waals surface area contributed by atoms with Gasteiger partial charge in [0.1, 0.15) is 0 Å². The minimum Gasteiger partial charge on any atom is -0.454 e. The summed E-state index contributed by atoms with van der Waals surface area (Å²) >= 11 is 0. The maximum absolute atomic E-state index is 13.5. The summed E-state index contributed by atoms with van der Waals surface area (Å²) in [5.41, 5.74) is 3.14. The highest BCUT2D eigenvalue weighted by Gasteiger charge is 2.30. The van der Waals surface area contributed by atoms with E-state index < -0.39 is 10.0 Å². The number of ether oxygens (including phenoxy) is 2. The molecule has 0 unspecified atom stereocenters. The molecule has 0 aliphatic carbocycles. The maximum atomic E-state index is 13.5. The van der Waals surface area contributed by atoms with Gasteiger partial charge in [-0.05, 0) is 48.7 Å². The van der Waals surface area contributed by atoms with E-state index in [2.05, 4.69) is 4.90 Å². The van der Waals surface area contributed by atoms with Crippen LogP contribution in [-0.2, 0) is 27.8 Å². The minimum absolute atomic E-state index is 0.170. The Morgan fingerprint density at radius 3 is 2.32 bits per heavy atom. The number of amides is 1. The van der Waals surface area contributed by atoms with Gasteiger partial charge in [0, 0.05) is 39.3 Å². The zero-order valence-corrected chi connectivity index (χ0v) is 22.4. The lowest BCUT2D eigenvalue weighted by Crippen LogP contribution is -2.51. The largest absolute Gasteiger partial charge is 0.454 e. The second-order valence-electron chi connectivity index (χ2n) is 9.73. The van der Waals surface area contributed by atoms with Crippen molar-refractivity contribution in [1.82, 2.24) is 14.1 Å². The number of nitrogens with zero attached hydrogens (tertiary/aromatic N) is 3. The van der Waals surface area contributed by atoms with Crippen molar-refractivity contribution >= 4 is 15.9 Å². The van der Waals surface area contributed by atoms with Crippen LogP contribution >= 0.6 is 0 Å². The van der Waals surface area contributed by atoms with Crippen LogP contribution in [0, 0.1) is 6.92 Å². The first-order valence-electron chi connectivity index (χ1n) is 12.9. The summed E-state index contributed by atoms with van der Waals surface area (Å²) in [6, 6.07) is 22.5. The number of sulfonamides is 1. The summed E-state index contributed by atoms with van der Waals surface area (Å²) in [4.78, 5) is 17.6. The molecule has 9 heteroatoms. The maximum Gasteiger partial charge on any atom is 0.243 e. The highest BCUT2D eigenvalue weighted by atomic mass is 32.2. The number of piperazine rings is 1. The number of carbonyl (C=O) groups is 1. The number of aryl methyl sites for hydroxylation is 1. The lowest BCUT2D eigenvalue weighted by molar-refractivity contribution is -0.133. The minimum atomic E-state index is -3.82. The second kappa shape index (κ2) is 11.6. The third-order valence-electron chi connectivity index (χ3n) is 7.03. The smallest absolute Gasteiger partial charge is 0.243 e. The van der Waals surface area contributed by atoms with Crippen molar-refractivity contribution in [3.05, 3.63) is 89.5 Å². The van der Waals surface area contributed by atoms with Crippen molar-refractivity contribution in [2.24, 2.45) is 0 Å². The molecule has 2 heterocycles. The fourth-order valence-corrected chi connectivity index (χ4v) is 6.14. The molecule has 200 valence electrons. The number of carbonyl (C=O) groups excluding carboxylic acids is 1. The van der Waals surface area contributed by atoms with Crippen LogP contribution in [0.15, 0.2) is 77.7 Å². The Morgan fingerprint density at radius 2 is 1.58 bits per heavy atom. The van der Waals surface area contributed by atoms with E-state index in [1.807, 2.05) is 55.5 Å². The summed E-state index contributed by atoms with van der Waals surface area (Å²) < 4.78 is 39.3. The molecule has 5 rings (SSSR count). The number of hydrogen-bond acceptors (Lipinski definition) is 6. The zero-order chi connectivity index (χ0) is 26.5. The third-order valence-corrected chi connectivity index (χ3v) is 8.89. The quantitative estimate of drug-likeness (QED) is 0.418. The monoisotopic (exact) mass is 535 g/mol. The predicted molar refractivity (Wildman–Crippen MR) is 145 cm³/mol. The van der Waals surface area contributed by atoms with E-state index in [9.17, 15) is 13.2 Å². The molecule has 1 fully saturated rings. The predicted octanol–water partition coefficient (Wildman–Crippen LogP) is 3.30. The van der Waals surface area contributed by atoms with Crippen LogP contribution in [0.3, 0.4) is 0 Å². The highest BCUT2D eigenvalue weighted by molar-refractivity contribution is 7.89. The van der Waals surface area contributed by atoms with E-state index in [1.165, 1.54) is 4.31 Å². The normalized spacial score (nSPS) is 15.7. The molecular formula is C29H33N3O5S. The van der Waals surface area contributed by atoms with Gasteiger partial charge in [-0.15, -0.1) is 0 Å². The van der Waals surface area contributed by atoms with E-state index >= 15 is 0 Å². The van der Waals surface area contributed by atoms with Crippen molar-refractivity contribution in [1.29, 1.82) is 0 Å². The molecule has 0 N–H and O–H groups in total. The molecule has 0 saturated carbocycles. The van der Waals surface area contributed by atoms with Crippen molar-refractivity contribution in [3.63, 3.8) is 0 Å². The lowest BCUT2D eigenvalue weighted by Gasteiger charge is -2.35. The SMILES string of the molecule is Cc1ccc(S(=O)(=O)N(CCc2ccccc2)CC(=O)N2CCN(Cc3ccc4c(c3)OCO4)CC2)cc1. The average molecular weight is 536 g/mol. The van der Waals surface area contributed by atoms with Gasteiger partial charge in [-0.1, -0.05) is 54.1 Å². The zero-order valence-electron chi connectivity index (χ0n) is 21.6. The summed E-state index contributed by atoms with van der Waals surface area (Å²) in [6.45, 7) is 5.52. The van der Waals surface area contributed by atoms with Gasteiger partial charge in [0.25, 0.3) is 0 Å². The Morgan fingerprint density at radius 1 is 0.868 bits per heavy atom. The van der Waals surface area contributed by atoms with Crippen molar-refractivity contribution < 1.29 is 22.7 Å². The summed E-state index contributed by atoms with van der Waals surface area (Å²) in [6.07, 6.45) is 0.530. The number of fused-ring (bicyclic) bond motifs is 1. The van der Waals surface area contributed by atoms with Crippen molar-refractivity contribution in [2.75, 3.05) is 46.1 Å². The van der Waals surface area contributed by atoms with Gasteiger partial charge in [-0.25, -0.2) is 8.42 Å². The number of hydrogen-bond donors (Lipinski definition) is 0. The molecule has 8 nitrogen and oxygen atoms in total. The van der Waals surface area contributed by atoms with Gasteiger partial charge in [0.2, 0.25) is 22.7 Å². The van der Waals surface area contributed by atoms with Gasteiger partial charge in [0.05, 0.1) is 11.4 Å². The van der Waals surface area contributed by atoms with Gasteiger partial charge in [-0.3, -0.25) is 9.69 Å².